The highest BCUT2D eigenvalue weighted by atomic mass is 15.3. The maximum Gasteiger partial charge on any atom is 0.166 e. The Hall–Kier alpha value is -3.18. The topological polar surface area (TPSA) is 46.7 Å². The second kappa shape index (κ2) is 8.45. The van der Waals surface area contributed by atoms with Gasteiger partial charge in [0.25, 0.3) is 0 Å². The average molecular weight is 387 g/mol. The van der Waals surface area contributed by atoms with Crippen LogP contribution in [0.25, 0.3) is 28.0 Å². The van der Waals surface area contributed by atoms with Gasteiger partial charge in [-0.3, -0.25) is 0 Å². The first-order chi connectivity index (χ1) is 14.1. The predicted molar refractivity (Wildman–Crippen MR) is 119 cm³/mol. The number of aromatic nitrogens is 3. The van der Waals surface area contributed by atoms with E-state index < -0.39 is 0 Å². The van der Waals surface area contributed by atoms with Crippen LogP contribution in [0.3, 0.4) is 0 Å². The third-order valence-electron chi connectivity index (χ3n) is 5.06. The summed E-state index contributed by atoms with van der Waals surface area (Å²) in [6.45, 7) is 4.08. The molecule has 0 aliphatic carbocycles. The van der Waals surface area contributed by atoms with Crippen LogP contribution in [0.4, 0.5) is 5.82 Å². The first kappa shape index (κ1) is 19.2. The first-order valence-electron chi connectivity index (χ1n) is 10.2. The van der Waals surface area contributed by atoms with Gasteiger partial charge in [0.2, 0.25) is 0 Å². The number of hydrogen-bond acceptors (Lipinski definition) is 3. The molecule has 2 N–H and O–H groups in total. The molecule has 29 heavy (non-hydrogen) atoms. The Morgan fingerprint density at radius 2 is 1.59 bits per heavy atom. The number of nitrogens with zero attached hydrogens (tertiary/aromatic N) is 3. The minimum Gasteiger partial charge on any atom is -0.370 e. The van der Waals surface area contributed by atoms with Gasteiger partial charge in [0, 0.05) is 30.2 Å². The number of nitrogens with one attached hydrogen (secondary N) is 2. The Balaban J connectivity index is 1.82. The molecule has 0 atom stereocenters. The van der Waals surface area contributed by atoms with Gasteiger partial charge >= 0.3 is 0 Å². The summed E-state index contributed by atoms with van der Waals surface area (Å²) in [5.74, 6) is 0.980. The van der Waals surface area contributed by atoms with Crippen molar-refractivity contribution in [1.82, 2.24) is 14.6 Å². The molecule has 2 heterocycles. The zero-order valence-corrected chi connectivity index (χ0v) is 17.3. The maximum atomic E-state index is 5.02. The molecule has 0 saturated heterocycles. The molecule has 0 saturated carbocycles. The number of anilines is 1. The Bertz CT molecular complexity index is 1080. The van der Waals surface area contributed by atoms with Gasteiger partial charge in [-0.15, -0.1) is 0 Å². The molecule has 0 amide bonds. The lowest BCUT2D eigenvalue weighted by molar-refractivity contribution is -0.858. The van der Waals surface area contributed by atoms with E-state index in [1.54, 1.807) is 0 Å². The van der Waals surface area contributed by atoms with Crippen LogP contribution in [0.1, 0.15) is 12.1 Å². The smallest absolute Gasteiger partial charge is 0.166 e. The van der Waals surface area contributed by atoms with Crippen LogP contribution in [0.15, 0.2) is 66.7 Å². The molecule has 4 rings (SSSR count). The zero-order chi connectivity index (χ0) is 20.2. The fourth-order valence-electron chi connectivity index (χ4n) is 3.61. The Labute approximate surface area is 172 Å². The number of rotatable bonds is 7. The van der Waals surface area contributed by atoms with Crippen LogP contribution in [-0.2, 0) is 0 Å². The average Bonchev–Trinajstić information content (AvgIpc) is 3.08. The van der Waals surface area contributed by atoms with Crippen molar-refractivity contribution in [3.05, 3.63) is 72.4 Å². The summed E-state index contributed by atoms with van der Waals surface area (Å²) in [5, 5.41) is 8.42. The highest BCUT2D eigenvalue weighted by Gasteiger charge is 2.17. The number of quaternary nitrogens is 1. The molecule has 0 aliphatic heterocycles. The molecule has 5 nitrogen and oxygen atoms in total. The van der Waals surface area contributed by atoms with Gasteiger partial charge < -0.3 is 10.2 Å². The van der Waals surface area contributed by atoms with E-state index in [9.17, 15) is 0 Å². The molecule has 5 heteroatoms. The standard InChI is InChI=1S/C24H27N5/c1-18-23(20-13-8-5-9-14-20)24-26-21(19-11-6-4-7-12-19)17-22(29(24)27-18)25-15-10-16-28(2)3/h4-9,11-14,17,25H,10,15-16H2,1-3H3/p+1. The van der Waals surface area contributed by atoms with Gasteiger partial charge in [-0.05, 0) is 12.5 Å². The summed E-state index contributed by atoms with van der Waals surface area (Å²) < 4.78 is 1.95. The molecule has 148 valence electrons. The Morgan fingerprint density at radius 3 is 2.24 bits per heavy atom. The predicted octanol–water partition coefficient (Wildman–Crippen LogP) is 3.32. The highest BCUT2D eigenvalue weighted by Crippen LogP contribution is 2.31. The van der Waals surface area contributed by atoms with Crippen molar-refractivity contribution < 1.29 is 4.90 Å². The molecule has 0 bridgehead atoms. The second-order valence-electron chi connectivity index (χ2n) is 7.69. The van der Waals surface area contributed by atoms with Gasteiger partial charge in [0.1, 0.15) is 5.82 Å². The largest absolute Gasteiger partial charge is 0.370 e. The van der Waals surface area contributed by atoms with Gasteiger partial charge in [0.05, 0.1) is 32.0 Å². The minimum absolute atomic E-state index is 0.885. The molecule has 0 fully saturated rings. The quantitative estimate of drug-likeness (QED) is 0.479. The van der Waals surface area contributed by atoms with Crippen molar-refractivity contribution in [3.63, 3.8) is 0 Å². The molecule has 4 aromatic rings. The van der Waals surface area contributed by atoms with Crippen LogP contribution in [0, 0.1) is 6.92 Å². The Morgan fingerprint density at radius 1 is 0.931 bits per heavy atom. The van der Waals surface area contributed by atoms with E-state index >= 15 is 0 Å². The molecule has 0 spiro atoms. The van der Waals surface area contributed by atoms with Gasteiger partial charge in [0.15, 0.2) is 5.65 Å². The van der Waals surface area contributed by atoms with E-state index in [0.717, 1.165) is 59.1 Å². The van der Waals surface area contributed by atoms with Crippen LogP contribution >= 0.6 is 0 Å². The fourth-order valence-corrected chi connectivity index (χ4v) is 3.61. The summed E-state index contributed by atoms with van der Waals surface area (Å²) in [4.78, 5) is 6.47. The third kappa shape index (κ3) is 4.15. The zero-order valence-electron chi connectivity index (χ0n) is 17.3. The molecule has 2 aromatic carbocycles. The monoisotopic (exact) mass is 386 g/mol. The maximum absolute atomic E-state index is 5.02. The lowest BCUT2D eigenvalue weighted by atomic mass is 10.1. The van der Waals surface area contributed by atoms with Crippen molar-refractivity contribution in [1.29, 1.82) is 0 Å². The fraction of sp³-hybridized carbons (Fsp3) is 0.250. The summed E-state index contributed by atoms with van der Waals surface area (Å²) in [6.07, 6.45) is 1.10. The number of hydrogen-bond donors (Lipinski definition) is 2. The third-order valence-corrected chi connectivity index (χ3v) is 5.06. The van der Waals surface area contributed by atoms with Crippen molar-refractivity contribution in [2.45, 2.75) is 13.3 Å². The van der Waals surface area contributed by atoms with E-state index in [1.807, 2.05) is 28.8 Å². The van der Waals surface area contributed by atoms with Gasteiger partial charge in [-0.2, -0.15) is 9.61 Å². The van der Waals surface area contributed by atoms with E-state index in [1.165, 1.54) is 4.90 Å². The number of fused-ring (bicyclic) bond motifs is 1. The summed E-state index contributed by atoms with van der Waals surface area (Å²) in [5.41, 5.74) is 6.15. The van der Waals surface area contributed by atoms with Gasteiger partial charge in [-0.25, -0.2) is 4.98 Å². The highest BCUT2D eigenvalue weighted by molar-refractivity contribution is 5.82. The van der Waals surface area contributed by atoms with Crippen LogP contribution < -0.4 is 10.2 Å². The molecule has 0 unspecified atom stereocenters. The van der Waals surface area contributed by atoms with E-state index in [2.05, 4.69) is 68.8 Å². The molecule has 0 radical (unpaired) electrons. The van der Waals surface area contributed by atoms with Gasteiger partial charge in [-0.1, -0.05) is 60.7 Å². The van der Waals surface area contributed by atoms with E-state index in [4.69, 9.17) is 10.1 Å². The molecule has 0 aliphatic rings. The van der Waals surface area contributed by atoms with E-state index in [0.29, 0.717) is 0 Å². The lowest BCUT2D eigenvalue weighted by Crippen LogP contribution is -3.05. The van der Waals surface area contributed by atoms with Crippen molar-refractivity contribution in [2.75, 3.05) is 32.5 Å². The molecular formula is C24H28N5+. The van der Waals surface area contributed by atoms with E-state index in [-0.39, 0.29) is 0 Å². The van der Waals surface area contributed by atoms with Crippen molar-refractivity contribution >= 4 is 11.5 Å². The lowest BCUT2D eigenvalue weighted by Gasteiger charge is -2.12. The van der Waals surface area contributed by atoms with Crippen LogP contribution in [0.2, 0.25) is 0 Å². The molecular weight excluding hydrogens is 358 g/mol. The second-order valence-corrected chi connectivity index (χ2v) is 7.69. The number of aryl methyl sites for hydroxylation is 1. The Kier molecular flexibility index (Phi) is 5.58. The van der Waals surface area contributed by atoms with Crippen LogP contribution in [-0.4, -0.2) is 41.8 Å². The van der Waals surface area contributed by atoms with Crippen molar-refractivity contribution in [3.8, 4) is 22.4 Å². The SMILES string of the molecule is Cc1nn2c(NCCC[NH+](C)C)cc(-c3ccccc3)nc2c1-c1ccccc1. The normalized spacial score (nSPS) is 11.3. The molecule has 2 aromatic heterocycles. The summed E-state index contributed by atoms with van der Waals surface area (Å²) in [7, 11) is 4.36. The summed E-state index contributed by atoms with van der Waals surface area (Å²) in [6, 6.07) is 22.8. The number of benzene rings is 2. The first-order valence-corrected chi connectivity index (χ1v) is 10.2. The minimum atomic E-state index is 0.885. The van der Waals surface area contributed by atoms with Crippen molar-refractivity contribution in [2.24, 2.45) is 0 Å². The summed E-state index contributed by atoms with van der Waals surface area (Å²) >= 11 is 0. The van der Waals surface area contributed by atoms with Crippen LogP contribution in [0.5, 0.6) is 0 Å².